The number of imide groups is 1. The minimum atomic E-state index is -1.82. The van der Waals surface area contributed by atoms with E-state index < -0.39 is 65.1 Å². The highest BCUT2D eigenvalue weighted by Gasteiger charge is 2.49. The predicted octanol–water partition coefficient (Wildman–Crippen LogP) is 2.86. The number of alkyl carbamates (subject to hydrolysis) is 1. The van der Waals surface area contributed by atoms with Gasteiger partial charge in [-0.2, -0.15) is 0 Å². The van der Waals surface area contributed by atoms with Gasteiger partial charge in [-0.05, 0) is 38.0 Å². The van der Waals surface area contributed by atoms with Crippen LogP contribution in [0.3, 0.4) is 0 Å². The van der Waals surface area contributed by atoms with E-state index in [4.69, 9.17) is 4.74 Å². The van der Waals surface area contributed by atoms with Gasteiger partial charge in [0.15, 0.2) is 6.10 Å². The number of amides is 5. The van der Waals surface area contributed by atoms with E-state index in [0.29, 0.717) is 5.56 Å². The second kappa shape index (κ2) is 14.1. The van der Waals surface area contributed by atoms with Crippen LogP contribution in [0, 0.1) is 11.6 Å². The fourth-order valence-corrected chi connectivity index (χ4v) is 5.45. The van der Waals surface area contributed by atoms with Crippen molar-refractivity contribution in [3.8, 4) is 0 Å². The van der Waals surface area contributed by atoms with Crippen LogP contribution in [0.1, 0.15) is 25.0 Å². The summed E-state index contributed by atoms with van der Waals surface area (Å²) in [5, 5.41) is 18.1. The second-order valence-corrected chi connectivity index (χ2v) is 11.3. The number of urea groups is 1. The molecule has 2 aromatic carbocycles. The summed E-state index contributed by atoms with van der Waals surface area (Å²) in [5.41, 5.74) is 0.350. The van der Waals surface area contributed by atoms with Crippen molar-refractivity contribution < 1.29 is 37.8 Å². The van der Waals surface area contributed by atoms with E-state index >= 15 is 0 Å². The quantitative estimate of drug-likeness (QED) is 0.313. The minimum Gasteiger partial charge on any atom is -0.445 e. The number of ether oxygens (including phenoxy) is 1. The van der Waals surface area contributed by atoms with Gasteiger partial charge < -0.3 is 25.4 Å². The van der Waals surface area contributed by atoms with E-state index in [-0.39, 0.29) is 24.5 Å². The van der Waals surface area contributed by atoms with E-state index in [0.717, 1.165) is 17.0 Å². The first-order chi connectivity index (χ1) is 19.4. The van der Waals surface area contributed by atoms with E-state index in [1.165, 1.54) is 23.9 Å². The van der Waals surface area contributed by atoms with Gasteiger partial charge in [0.1, 0.15) is 24.3 Å². The van der Waals surface area contributed by atoms with Gasteiger partial charge in [0.25, 0.3) is 5.91 Å². The lowest BCUT2D eigenvalue weighted by molar-refractivity contribution is -0.147. The highest BCUT2D eigenvalue weighted by atomic mass is 32.2. The van der Waals surface area contributed by atoms with E-state index in [1.54, 1.807) is 44.2 Å². The first kappa shape index (κ1) is 31.6. The van der Waals surface area contributed by atoms with Crippen LogP contribution < -0.4 is 16.0 Å². The molecule has 41 heavy (non-hydrogen) atoms. The lowest BCUT2D eigenvalue weighted by Crippen LogP contribution is -2.59. The van der Waals surface area contributed by atoms with Crippen LogP contribution in [-0.2, 0) is 27.3 Å². The van der Waals surface area contributed by atoms with Crippen molar-refractivity contribution in [1.82, 2.24) is 20.9 Å². The number of rotatable bonds is 10. The molecule has 1 fully saturated rings. The molecule has 4 N–H and O–H groups in total. The number of aliphatic hydroxyl groups is 1. The first-order valence-electron chi connectivity index (χ1n) is 12.7. The Kier molecular flexibility index (Phi) is 10.8. The summed E-state index contributed by atoms with van der Waals surface area (Å²) in [6.07, 6.45) is -1.55. The maximum atomic E-state index is 14.1. The molecule has 3 unspecified atom stereocenters. The Morgan fingerprint density at radius 2 is 1.80 bits per heavy atom. The molecule has 5 amide bonds. The predicted molar refractivity (Wildman–Crippen MR) is 149 cm³/mol. The van der Waals surface area contributed by atoms with Crippen LogP contribution >= 0.6 is 11.8 Å². The molecule has 1 saturated heterocycles. The summed E-state index contributed by atoms with van der Waals surface area (Å²) in [5.74, 6) is -3.13. The lowest BCUT2D eigenvalue weighted by Gasteiger charge is -2.33. The highest BCUT2D eigenvalue weighted by molar-refractivity contribution is 8.00. The van der Waals surface area contributed by atoms with Gasteiger partial charge in [-0.1, -0.05) is 49.1 Å². The molecule has 0 bridgehead atoms. The van der Waals surface area contributed by atoms with Gasteiger partial charge in [-0.25, -0.2) is 23.7 Å². The van der Waals surface area contributed by atoms with E-state index in [9.17, 15) is 33.1 Å². The molecule has 0 aromatic heterocycles. The number of carbonyl (C=O) groups excluding carboxylic acids is 4. The van der Waals surface area contributed by atoms with Gasteiger partial charge in [-0.3, -0.25) is 9.59 Å². The van der Waals surface area contributed by atoms with Crippen LogP contribution in [0.2, 0.25) is 0 Å². The van der Waals surface area contributed by atoms with Crippen molar-refractivity contribution in [2.45, 2.75) is 49.7 Å². The monoisotopic (exact) mass is 590 g/mol. The minimum absolute atomic E-state index is 0.0106. The molecule has 1 heterocycles. The number of hydrogen-bond acceptors (Lipinski definition) is 7. The molecule has 0 radical (unpaired) electrons. The number of nitrogens with one attached hydrogen (secondary N) is 3. The number of thioether (sulfide) groups is 1. The third-order valence-corrected chi connectivity index (χ3v) is 7.75. The van der Waals surface area contributed by atoms with Crippen LogP contribution in [0.15, 0.2) is 61.2 Å². The van der Waals surface area contributed by atoms with Crippen molar-refractivity contribution in [2.75, 3.05) is 12.5 Å². The third-order valence-electron chi connectivity index (χ3n) is 6.38. The summed E-state index contributed by atoms with van der Waals surface area (Å²) < 4.78 is 32.1. The third kappa shape index (κ3) is 8.27. The summed E-state index contributed by atoms with van der Waals surface area (Å²) in [7, 11) is 0. The Hall–Kier alpha value is -3.97. The van der Waals surface area contributed by atoms with Gasteiger partial charge in [0.2, 0.25) is 5.91 Å². The number of carbonyl (C=O) groups is 4. The molecular formula is C28H32F2N4O6S. The van der Waals surface area contributed by atoms with Gasteiger partial charge in [0, 0.05) is 16.9 Å². The maximum absolute atomic E-state index is 14.1. The first-order valence-corrected chi connectivity index (χ1v) is 13.7. The zero-order valence-corrected chi connectivity index (χ0v) is 23.4. The molecule has 1 aliphatic rings. The fraction of sp³-hybridized carbons (Fsp3) is 0.357. The maximum Gasteiger partial charge on any atom is 0.415 e. The smallest absolute Gasteiger partial charge is 0.415 e. The number of nitrogens with zero attached hydrogens (tertiary/aromatic N) is 1. The standard InChI is InChI=1S/C28H32F2N4O6S/c1-4-13-40-27(39)33-26(38)32-21(14-17-9-6-5-7-10-17)22(35)25(37)34-16-41-28(2,3)23(34)24(36)31-15-18-19(29)11-8-12-20(18)30/h4-12,21-23,35H,1,13-16H2,2-3H3,(H,31,36)(H2,32,33,38,39). The highest BCUT2D eigenvalue weighted by Crippen LogP contribution is 2.40. The second-order valence-electron chi connectivity index (χ2n) is 9.73. The van der Waals surface area contributed by atoms with Crippen LogP contribution in [-0.4, -0.2) is 69.4 Å². The molecule has 10 nitrogen and oxygen atoms in total. The van der Waals surface area contributed by atoms with Crippen molar-refractivity contribution in [3.05, 3.63) is 83.9 Å². The molecule has 0 aliphatic carbocycles. The average molecular weight is 591 g/mol. The number of hydrogen-bond donors (Lipinski definition) is 4. The number of aliphatic hydroxyl groups excluding tert-OH is 1. The molecular weight excluding hydrogens is 558 g/mol. The molecule has 220 valence electrons. The Morgan fingerprint density at radius 3 is 2.44 bits per heavy atom. The van der Waals surface area contributed by atoms with Crippen molar-refractivity contribution in [2.24, 2.45) is 0 Å². The summed E-state index contributed by atoms with van der Waals surface area (Å²) in [6, 6.07) is 8.74. The van der Waals surface area contributed by atoms with Gasteiger partial charge in [0.05, 0.1) is 11.9 Å². The summed E-state index contributed by atoms with van der Waals surface area (Å²) in [4.78, 5) is 52.3. The van der Waals surface area contributed by atoms with E-state index in [2.05, 4.69) is 17.2 Å². The normalized spacial score (nSPS) is 17.2. The van der Waals surface area contributed by atoms with Gasteiger partial charge >= 0.3 is 12.1 Å². The SMILES string of the molecule is C=CCOC(=O)NC(=O)NC(Cc1ccccc1)C(O)C(=O)N1CSC(C)(C)C1C(=O)NCc1c(F)cccc1F. The molecule has 2 aromatic rings. The molecule has 0 spiro atoms. The zero-order chi connectivity index (χ0) is 30.2. The number of halogens is 2. The topological polar surface area (TPSA) is 137 Å². The van der Waals surface area contributed by atoms with Crippen LogP contribution in [0.4, 0.5) is 18.4 Å². The summed E-state index contributed by atoms with van der Waals surface area (Å²) in [6.45, 7) is 6.28. The zero-order valence-electron chi connectivity index (χ0n) is 22.6. The number of benzene rings is 2. The molecule has 3 rings (SSSR count). The van der Waals surface area contributed by atoms with Crippen molar-refractivity contribution in [1.29, 1.82) is 0 Å². The van der Waals surface area contributed by atoms with Crippen LogP contribution in [0.5, 0.6) is 0 Å². The van der Waals surface area contributed by atoms with E-state index in [1.807, 2.05) is 5.32 Å². The largest absolute Gasteiger partial charge is 0.445 e. The Labute approximate surface area is 240 Å². The van der Waals surface area contributed by atoms with Crippen LogP contribution in [0.25, 0.3) is 0 Å². The van der Waals surface area contributed by atoms with Crippen molar-refractivity contribution >= 4 is 35.7 Å². The molecule has 0 saturated carbocycles. The van der Waals surface area contributed by atoms with Gasteiger partial charge in [-0.15, -0.1) is 11.8 Å². The lowest BCUT2D eigenvalue weighted by atomic mass is 9.97. The molecule has 1 aliphatic heterocycles. The molecule has 13 heteroatoms. The Morgan fingerprint density at radius 1 is 1.15 bits per heavy atom. The fourth-order valence-electron chi connectivity index (χ4n) is 4.31. The van der Waals surface area contributed by atoms with Crippen molar-refractivity contribution in [3.63, 3.8) is 0 Å². The Bertz CT molecular complexity index is 1260. The summed E-state index contributed by atoms with van der Waals surface area (Å²) >= 11 is 1.28. The Balaban J connectivity index is 1.78. The average Bonchev–Trinajstić information content (AvgIpc) is 3.25. The molecule has 3 atom stereocenters.